The number of nitrogens with zero attached hydrogens (tertiary/aromatic N) is 2. The summed E-state index contributed by atoms with van der Waals surface area (Å²) in [5, 5.41) is 19.0. The molecule has 11 rings (SSSR count). The minimum atomic E-state index is -0.942. The van der Waals surface area contributed by atoms with E-state index in [0.29, 0.717) is 11.1 Å². The molecule has 0 fully saturated rings. The van der Waals surface area contributed by atoms with Crippen molar-refractivity contribution in [3.63, 3.8) is 0 Å². The number of rotatable bonds is 0. The van der Waals surface area contributed by atoms with Crippen molar-refractivity contribution in [3.05, 3.63) is 249 Å². The Hall–Kier alpha value is -8.54. The second kappa shape index (κ2) is 13.5. The fourth-order valence-corrected chi connectivity index (χ4v) is 9.79. The van der Waals surface area contributed by atoms with E-state index in [1.807, 2.05) is 48.5 Å². The van der Waals surface area contributed by atoms with Crippen LogP contribution in [0.25, 0.3) is 11.1 Å². The Kier molecular flexibility index (Phi) is 7.83. The van der Waals surface area contributed by atoms with Crippen LogP contribution in [0, 0.1) is 46.3 Å². The normalized spacial score (nSPS) is 13.6. The summed E-state index contributed by atoms with van der Waals surface area (Å²) in [6.45, 7) is 0. The number of ether oxygens (including phenoxy) is 2. The summed E-state index contributed by atoms with van der Waals surface area (Å²) in [5.74, 6) is 17.2. The van der Waals surface area contributed by atoms with Gasteiger partial charge in [-0.3, -0.25) is 0 Å². The number of hydrogen-bond acceptors (Lipinski definition) is 4. The number of benzene rings is 8. The van der Waals surface area contributed by atoms with Crippen molar-refractivity contribution in [1.29, 1.82) is 10.5 Å². The van der Waals surface area contributed by atoms with Crippen LogP contribution in [-0.2, 0) is 10.8 Å². The second-order valence-corrected chi connectivity index (χ2v) is 15.0. The van der Waals surface area contributed by atoms with Gasteiger partial charge in [0.1, 0.15) is 23.0 Å². The maximum Gasteiger partial charge on any atom is 0.131 e. The average Bonchev–Trinajstić information content (AvgIpc) is 3.31. The van der Waals surface area contributed by atoms with Gasteiger partial charge in [0, 0.05) is 55.6 Å². The zero-order valence-corrected chi connectivity index (χ0v) is 32.0. The Morgan fingerprint density at radius 3 is 0.933 bits per heavy atom. The Labute approximate surface area is 348 Å². The molecule has 4 heteroatoms. The van der Waals surface area contributed by atoms with Gasteiger partial charge in [0.25, 0.3) is 0 Å². The molecule has 2 spiro atoms. The van der Waals surface area contributed by atoms with Gasteiger partial charge in [-0.05, 0) is 96.1 Å². The smallest absolute Gasteiger partial charge is 0.131 e. The van der Waals surface area contributed by atoms with E-state index in [2.05, 4.69) is 145 Å². The molecule has 0 bridgehead atoms. The van der Waals surface area contributed by atoms with Crippen molar-refractivity contribution >= 4 is 0 Å². The van der Waals surface area contributed by atoms with Gasteiger partial charge in [-0.1, -0.05) is 121 Å². The van der Waals surface area contributed by atoms with Crippen molar-refractivity contribution in [2.24, 2.45) is 0 Å². The summed E-state index contributed by atoms with van der Waals surface area (Å²) in [6.07, 6.45) is 0. The molecule has 1 aliphatic carbocycles. The monoisotopic (exact) mass is 762 g/mol. The summed E-state index contributed by atoms with van der Waals surface area (Å²) in [7, 11) is 0. The molecule has 0 amide bonds. The Morgan fingerprint density at radius 1 is 0.300 bits per heavy atom. The van der Waals surface area contributed by atoms with Crippen LogP contribution in [0.1, 0.15) is 66.8 Å². The van der Waals surface area contributed by atoms with Gasteiger partial charge in [-0.15, -0.1) is 0 Å². The minimum Gasteiger partial charge on any atom is -0.457 e. The van der Waals surface area contributed by atoms with Crippen LogP contribution in [0.2, 0.25) is 0 Å². The van der Waals surface area contributed by atoms with Gasteiger partial charge in [-0.25, -0.2) is 0 Å². The van der Waals surface area contributed by atoms with E-state index in [9.17, 15) is 10.5 Å². The molecule has 0 saturated carbocycles. The zero-order chi connectivity index (χ0) is 40.3. The predicted molar refractivity (Wildman–Crippen MR) is 232 cm³/mol. The molecular formula is C56H30N2O2. The minimum absolute atomic E-state index is 0.582. The van der Waals surface area contributed by atoms with Crippen LogP contribution < -0.4 is 9.47 Å². The molecule has 276 valence electrons. The van der Waals surface area contributed by atoms with Crippen molar-refractivity contribution in [3.8, 4) is 69.9 Å². The lowest BCUT2D eigenvalue weighted by atomic mass is 9.42. The Morgan fingerprint density at radius 2 is 0.600 bits per heavy atom. The molecule has 0 saturated heterocycles. The van der Waals surface area contributed by atoms with Crippen LogP contribution in [0.5, 0.6) is 23.0 Å². The van der Waals surface area contributed by atoms with Crippen molar-refractivity contribution < 1.29 is 9.47 Å². The van der Waals surface area contributed by atoms with Crippen LogP contribution in [0.15, 0.2) is 182 Å². The molecule has 8 aromatic carbocycles. The topological polar surface area (TPSA) is 66.0 Å². The van der Waals surface area contributed by atoms with Crippen LogP contribution in [0.3, 0.4) is 0 Å². The quantitative estimate of drug-likeness (QED) is 0.144. The number of nitriles is 2. The largest absolute Gasteiger partial charge is 0.457 e. The standard InChI is InChI=1S/C56H30N2O2/c57-35-39-27-23-37(24-28-39)31-33-41-11-9-17-47-53(41)54-42(34-32-38-25-29-40(36-58)30-26-38)12-10-18-48(54)56(45-15-3-7-21-51(45)60-52-22-8-4-16-46(52)56)55(47)43-13-1-5-19-49(43)59-50-20-6-2-14-44(50)55/h1-30H. The molecule has 0 unspecified atom stereocenters. The van der Waals surface area contributed by atoms with E-state index >= 15 is 0 Å². The fraction of sp³-hybridized carbons (Fsp3) is 0.0357. The third-order valence-corrected chi connectivity index (χ3v) is 12.1. The van der Waals surface area contributed by atoms with Crippen molar-refractivity contribution in [2.45, 2.75) is 10.8 Å². The number of para-hydroxylation sites is 4. The van der Waals surface area contributed by atoms with Crippen LogP contribution in [0.4, 0.5) is 0 Å². The van der Waals surface area contributed by atoms with Gasteiger partial charge in [-0.2, -0.15) is 10.5 Å². The highest BCUT2D eigenvalue weighted by Crippen LogP contribution is 2.72. The van der Waals surface area contributed by atoms with Gasteiger partial charge in [0.15, 0.2) is 0 Å². The molecule has 3 aliphatic rings. The second-order valence-electron chi connectivity index (χ2n) is 15.0. The Bertz CT molecular complexity index is 2990. The lowest BCUT2D eigenvalue weighted by Crippen LogP contribution is -2.57. The molecule has 2 aliphatic heterocycles. The molecule has 0 aromatic heterocycles. The molecule has 60 heavy (non-hydrogen) atoms. The molecule has 0 atom stereocenters. The first-order chi connectivity index (χ1) is 29.6. The maximum atomic E-state index is 9.49. The zero-order valence-electron chi connectivity index (χ0n) is 32.0. The fourth-order valence-electron chi connectivity index (χ4n) is 9.79. The third-order valence-electron chi connectivity index (χ3n) is 12.1. The SMILES string of the molecule is N#Cc1ccc(C#Cc2cccc3c2-c2c(C#Cc4ccc(C#N)cc4)cccc2C2(c4ccccc4Oc4ccccc42)C32c3ccccc3Oc3ccccc32)cc1. The highest BCUT2D eigenvalue weighted by atomic mass is 16.5. The van der Waals surface area contributed by atoms with Gasteiger partial charge in [0.2, 0.25) is 0 Å². The summed E-state index contributed by atoms with van der Waals surface area (Å²) >= 11 is 0. The summed E-state index contributed by atoms with van der Waals surface area (Å²) in [6, 6.07) is 65.8. The summed E-state index contributed by atoms with van der Waals surface area (Å²) in [5.41, 5.74) is 10.7. The first-order valence-electron chi connectivity index (χ1n) is 19.7. The molecule has 0 radical (unpaired) electrons. The van der Waals surface area contributed by atoms with Gasteiger partial charge < -0.3 is 9.47 Å². The van der Waals surface area contributed by atoms with Gasteiger partial charge >= 0.3 is 0 Å². The van der Waals surface area contributed by atoms with E-state index in [1.165, 1.54) is 0 Å². The molecule has 8 aromatic rings. The van der Waals surface area contributed by atoms with E-state index in [1.54, 1.807) is 24.3 Å². The van der Waals surface area contributed by atoms with Crippen molar-refractivity contribution in [1.82, 2.24) is 0 Å². The first kappa shape index (κ1) is 34.7. The van der Waals surface area contributed by atoms with Gasteiger partial charge in [0.05, 0.1) is 34.1 Å². The third kappa shape index (κ3) is 4.87. The molecule has 0 N–H and O–H groups in total. The first-order valence-corrected chi connectivity index (χ1v) is 19.7. The summed E-state index contributed by atoms with van der Waals surface area (Å²) in [4.78, 5) is 0. The van der Waals surface area contributed by atoms with E-state index in [0.717, 1.165) is 89.8 Å². The lowest BCUT2D eigenvalue weighted by Gasteiger charge is -2.59. The Balaban J connectivity index is 1.35. The van der Waals surface area contributed by atoms with Crippen LogP contribution >= 0.6 is 0 Å². The number of hydrogen-bond donors (Lipinski definition) is 0. The van der Waals surface area contributed by atoms with Crippen molar-refractivity contribution in [2.75, 3.05) is 0 Å². The average molecular weight is 763 g/mol. The molecule has 2 heterocycles. The lowest BCUT2D eigenvalue weighted by molar-refractivity contribution is 0.319. The van der Waals surface area contributed by atoms with E-state index in [4.69, 9.17) is 9.47 Å². The summed E-state index contributed by atoms with van der Waals surface area (Å²) < 4.78 is 13.8. The highest BCUT2D eigenvalue weighted by molar-refractivity contribution is 5.94. The predicted octanol–water partition coefficient (Wildman–Crippen LogP) is 11.8. The molecule has 4 nitrogen and oxygen atoms in total. The van der Waals surface area contributed by atoms with Crippen LogP contribution in [-0.4, -0.2) is 0 Å². The highest BCUT2D eigenvalue weighted by Gasteiger charge is 2.66. The van der Waals surface area contributed by atoms with E-state index < -0.39 is 10.8 Å². The van der Waals surface area contributed by atoms with E-state index in [-0.39, 0.29) is 0 Å². The number of fused-ring (bicyclic) bond motifs is 14. The molecular weight excluding hydrogens is 733 g/mol. The maximum absolute atomic E-state index is 9.49.